The highest BCUT2D eigenvalue weighted by Gasteiger charge is 2.32. The molecule has 2 aliphatic rings. The molecule has 170 valence electrons. The molecule has 8 nitrogen and oxygen atoms in total. The molecule has 10 heteroatoms. The Hall–Kier alpha value is -3.30. The van der Waals surface area contributed by atoms with Crippen molar-refractivity contribution < 1.29 is 18.7 Å². The largest absolute Gasteiger partial charge is 0.365 e. The highest BCUT2D eigenvalue weighted by Crippen LogP contribution is 2.27. The van der Waals surface area contributed by atoms with Crippen LogP contribution in [0.2, 0.25) is 5.02 Å². The third-order valence-corrected chi connectivity index (χ3v) is 6.20. The average Bonchev–Trinajstić information content (AvgIpc) is 3.27. The van der Waals surface area contributed by atoms with E-state index in [1.165, 1.54) is 12.1 Å². The van der Waals surface area contributed by atoms with Gasteiger partial charge >= 0.3 is 0 Å². The Morgan fingerprint density at radius 1 is 1.00 bits per heavy atom. The average molecular weight is 470 g/mol. The van der Waals surface area contributed by atoms with Crippen molar-refractivity contribution >= 4 is 23.4 Å². The molecular weight excluding hydrogens is 449 g/mol. The van der Waals surface area contributed by atoms with Crippen molar-refractivity contribution in [3.05, 3.63) is 81.9 Å². The number of piperazine rings is 1. The van der Waals surface area contributed by atoms with Gasteiger partial charge in [-0.2, -0.15) is 0 Å². The fraction of sp³-hybridized carbons (Fsp3) is 0.304. The van der Waals surface area contributed by atoms with E-state index in [0.29, 0.717) is 49.0 Å². The van der Waals surface area contributed by atoms with E-state index >= 15 is 0 Å². The molecule has 0 bridgehead atoms. The molecule has 0 radical (unpaired) electrons. The summed E-state index contributed by atoms with van der Waals surface area (Å²) in [5.41, 5.74) is 2.26. The third-order valence-electron chi connectivity index (χ3n) is 5.97. The monoisotopic (exact) mass is 469 g/mol. The number of aromatic nitrogens is 3. The summed E-state index contributed by atoms with van der Waals surface area (Å²) in [4.78, 5) is 29.2. The maximum Gasteiger partial charge on any atom is 0.276 e. The summed E-state index contributed by atoms with van der Waals surface area (Å²) in [5, 5.41) is 8.77. The molecule has 33 heavy (non-hydrogen) atoms. The Kier molecular flexibility index (Phi) is 5.82. The Balaban J connectivity index is 1.23. The maximum atomic E-state index is 13.2. The summed E-state index contributed by atoms with van der Waals surface area (Å²) in [7, 11) is 0. The van der Waals surface area contributed by atoms with E-state index in [1.54, 1.807) is 50.9 Å². The lowest BCUT2D eigenvalue weighted by molar-refractivity contribution is -0.00206. The van der Waals surface area contributed by atoms with Gasteiger partial charge in [0.15, 0.2) is 5.69 Å². The molecule has 0 spiro atoms. The number of benzene rings is 2. The number of carbonyl (C=O) groups is 2. The summed E-state index contributed by atoms with van der Waals surface area (Å²) in [6.07, 6.45) is -0.288. The summed E-state index contributed by atoms with van der Waals surface area (Å²) in [5.74, 6) is -0.640. The molecule has 0 aliphatic carbocycles. The topological polar surface area (TPSA) is 80.6 Å². The van der Waals surface area contributed by atoms with Crippen molar-refractivity contribution in [3.63, 3.8) is 0 Å². The number of halogens is 2. The van der Waals surface area contributed by atoms with Crippen LogP contribution in [-0.4, -0.2) is 62.8 Å². The molecule has 2 aliphatic heterocycles. The molecule has 0 saturated carbocycles. The first-order valence-corrected chi connectivity index (χ1v) is 11.0. The lowest BCUT2D eigenvalue weighted by Gasteiger charge is -2.34. The van der Waals surface area contributed by atoms with Crippen molar-refractivity contribution in [3.8, 4) is 0 Å². The van der Waals surface area contributed by atoms with Crippen LogP contribution in [0, 0.1) is 5.82 Å². The number of carbonyl (C=O) groups excluding carboxylic acids is 2. The van der Waals surface area contributed by atoms with Crippen LogP contribution >= 0.6 is 11.6 Å². The minimum absolute atomic E-state index is 0.106. The minimum atomic E-state index is -0.307. The number of amides is 2. The molecule has 3 aromatic rings. The molecular formula is C23H21ClFN5O3. The summed E-state index contributed by atoms with van der Waals surface area (Å²) in [6.45, 7) is 2.22. The van der Waals surface area contributed by atoms with Crippen molar-refractivity contribution in [2.24, 2.45) is 0 Å². The van der Waals surface area contributed by atoms with Gasteiger partial charge in [0.05, 0.1) is 18.8 Å². The van der Waals surface area contributed by atoms with Crippen LogP contribution in [0.5, 0.6) is 0 Å². The van der Waals surface area contributed by atoms with Gasteiger partial charge in [-0.15, -0.1) is 5.10 Å². The van der Waals surface area contributed by atoms with E-state index in [9.17, 15) is 14.0 Å². The summed E-state index contributed by atoms with van der Waals surface area (Å²) >= 11 is 5.99. The van der Waals surface area contributed by atoms with Crippen LogP contribution in [0.1, 0.15) is 38.2 Å². The zero-order valence-electron chi connectivity index (χ0n) is 17.7. The number of hydrogen-bond donors (Lipinski definition) is 0. The van der Waals surface area contributed by atoms with Gasteiger partial charge < -0.3 is 14.5 Å². The third kappa shape index (κ3) is 4.34. The Labute approximate surface area is 194 Å². The van der Waals surface area contributed by atoms with E-state index in [1.807, 2.05) is 0 Å². The number of ether oxygens (including phenoxy) is 1. The van der Waals surface area contributed by atoms with Crippen LogP contribution in [-0.2, 0) is 17.9 Å². The maximum absolute atomic E-state index is 13.2. The molecule has 2 aromatic carbocycles. The van der Waals surface area contributed by atoms with Crippen molar-refractivity contribution in [1.82, 2.24) is 24.8 Å². The zero-order valence-corrected chi connectivity index (χ0v) is 18.4. The number of hydrogen-bond acceptors (Lipinski definition) is 5. The van der Waals surface area contributed by atoms with Crippen molar-refractivity contribution in [1.29, 1.82) is 0 Å². The van der Waals surface area contributed by atoms with E-state index in [-0.39, 0.29) is 36.0 Å². The molecule has 2 amide bonds. The number of fused-ring (bicyclic) bond motifs is 1. The number of nitrogens with zero attached hydrogens (tertiary/aromatic N) is 5. The van der Waals surface area contributed by atoms with Crippen LogP contribution in [0.3, 0.4) is 0 Å². The van der Waals surface area contributed by atoms with Gasteiger partial charge in [0.2, 0.25) is 0 Å². The molecule has 0 N–H and O–H groups in total. The molecule has 1 unspecified atom stereocenters. The zero-order chi connectivity index (χ0) is 22.9. The van der Waals surface area contributed by atoms with E-state index in [4.69, 9.17) is 16.3 Å². The lowest BCUT2D eigenvalue weighted by Crippen LogP contribution is -2.50. The van der Waals surface area contributed by atoms with Crippen LogP contribution in [0.4, 0.5) is 4.39 Å². The first-order chi connectivity index (χ1) is 16.0. The Morgan fingerprint density at radius 3 is 2.39 bits per heavy atom. The first kappa shape index (κ1) is 21.5. The number of rotatable bonds is 3. The van der Waals surface area contributed by atoms with Gasteiger partial charge in [-0.05, 0) is 35.9 Å². The minimum Gasteiger partial charge on any atom is -0.365 e. The van der Waals surface area contributed by atoms with Crippen LogP contribution < -0.4 is 0 Å². The molecule has 3 heterocycles. The normalized spacial score (nSPS) is 18.2. The van der Waals surface area contributed by atoms with E-state index < -0.39 is 0 Å². The fourth-order valence-electron chi connectivity index (χ4n) is 4.12. The van der Waals surface area contributed by atoms with Gasteiger partial charge in [0.25, 0.3) is 11.8 Å². The second-order valence-electron chi connectivity index (χ2n) is 8.01. The molecule has 1 aromatic heterocycles. The molecule has 1 saturated heterocycles. The predicted molar refractivity (Wildman–Crippen MR) is 117 cm³/mol. The second-order valence-corrected chi connectivity index (χ2v) is 8.45. The first-order valence-electron chi connectivity index (χ1n) is 10.6. The van der Waals surface area contributed by atoms with Crippen LogP contribution in [0.15, 0.2) is 48.5 Å². The Morgan fingerprint density at radius 2 is 1.70 bits per heavy atom. The van der Waals surface area contributed by atoms with Crippen molar-refractivity contribution in [2.75, 3.05) is 26.2 Å². The van der Waals surface area contributed by atoms with Crippen molar-refractivity contribution in [2.45, 2.75) is 19.3 Å². The molecule has 1 fully saturated rings. The van der Waals surface area contributed by atoms with Gasteiger partial charge in [-0.1, -0.05) is 35.0 Å². The highest BCUT2D eigenvalue weighted by molar-refractivity contribution is 6.30. The Bertz CT molecular complexity index is 1190. The summed E-state index contributed by atoms with van der Waals surface area (Å²) in [6, 6.07) is 13.0. The van der Waals surface area contributed by atoms with E-state index in [0.717, 1.165) is 5.56 Å². The van der Waals surface area contributed by atoms with Gasteiger partial charge in [-0.25, -0.2) is 9.07 Å². The molecule has 5 rings (SSSR count). The standard InChI is InChI=1S/C23H21ClFN5O3/c24-17-3-1-2-16(12-17)22(31)28-8-10-29(11-9-28)23(32)21-19-14-33-20(13-30(19)27-26-21)15-4-6-18(25)7-5-15/h1-7,12,20H,8-11,13-14H2. The van der Waals surface area contributed by atoms with Gasteiger partial charge in [0, 0.05) is 36.8 Å². The van der Waals surface area contributed by atoms with Gasteiger partial charge in [-0.3, -0.25) is 9.59 Å². The smallest absolute Gasteiger partial charge is 0.276 e. The lowest BCUT2D eigenvalue weighted by atomic mass is 10.1. The summed E-state index contributed by atoms with van der Waals surface area (Å²) < 4.78 is 20.8. The van der Waals surface area contributed by atoms with Crippen LogP contribution in [0.25, 0.3) is 0 Å². The second kappa shape index (κ2) is 8.92. The fourth-order valence-corrected chi connectivity index (χ4v) is 4.31. The highest BCUT2D eigenvalue weighted by atomic mass is 35.5. The van der Waals surface area contributed by atoms with E-state index in [2.05, 4.69) is 10.3 Å². The quantitative estimate of drug-likeness (QED) is 0.589. The predicted octanol–water partition coefficient (Wildman–Crippen LogP) is 2.94. The van der Waals surface area contributed by atoms with Gasteiger partial charge in [0.1, 0.15) is 11.9 Å². The SMILES string of the molecule is O=C(c1cccc(Cl)c1)N1CCN(C(=O)c2nnn3c2COC(c2ccc(F)cc2)C3)CC1. The molecule has 1 atom stereocenters.